The SMILES string of the molecule is CCNC(=NCCS(=O)(=O)NCC1CCCCO1)NC1CCC(=O)N(C)C1. The minimum absolute atomic E-state index is 0.0259. The Labute approximate surface area is 162 Å². The molecule has 1 amide bonds. The number of carbonyl (C=O) groups excluding carboxylic acids is 1. The topological polar surface area (TPSA) is 112 Å². The molecule has 0 spiro atoms. The predicted molar refractivity (Wildman–Crippen MR) is 105 cm³/mol. The third-order valence-corrected chi connectivity index (χ3v) is 6.07. The minimum Gasteiger partial charge on any atom is -0.377 e. The van der Waals surface area contributed by atoms with Crippen LogP contribution in [0.15, 0.2) is 4.99 Å². The highest BCUT2D eigenvalue weighted by molar-refractivity contribution is 7.89. The van der Waals surface area contributed by atoms with Gasteiger partial charge in [0.25, 0.3) is 0 Å². The first-order valence-corrected chi connectivity index (χ1v) is 11.4. The van der Waals surface area contributed by atoms with Crippen LogP contribution in [-0.2, 0) is 19.6 Å². The molecule has 0 aliphatic carbocycles. The molecule has 10 heteroatoms. The molecule has 0 aromatic heterocycles. The summed E-state index contributed by atoms with van der Waals surface area (Å²) in [4.78, 5) is 17.7. The monoisotopic (exact) mass is 403 g/mol. The number of likely N-dealkylation sites (tertiary alicyclic amines) is 1. The molecule has 0 radical (unpaired) electrons. The maximum absolute atomic E-state index is 12.2. The van der Waals surface area contributed by atoms with Crippen LogP contribution in [0.2, 0.25) is 0 Å². The smallest absolute Gasteiger partial charge is 0.222 e. The molecule has 9 nitrogen and oxygen atoms in total. The maximum Gasteiger partial charge on any atom is 0.222 e. The average molecular weight is 404 g/mol. The van der Waals surface area contributed by atoms with Crippen LogP contribution in [0.3, 0.4) is 0 Å². The first-order valence-electron chi connectivity index (χ1n) is 9.77. The molecule has 156 valence electrons. The van der Waals surface area contributed by atoms with Crippen LogP contribution in [0.4, 0.5) is 0 Å². The highest BCUT2D eigenvalue weighted by Crippen LogP contribution is 2.12. The summed E-state index contributed by atoms with van der Waals surface area (Å²) in [5.74, 6) is 0.657. The Morgan fingerprint density at radius 2 is 2.15 bits per heavy atom. The number of piperidine rings is 1. The second-order valence-electron chi connectivity index (χ2n) is 7.07. The van der Waals surface area contributed by atoms with Crippen LogP contribution in [0.5, 0.6) is 0 Å². The Bertz CT molecular complexity index is 604. The van der Waals surface area contributed by atoms with Gasteiger partial charge in [0.05, 0.1) is 18.4 Å². The van der Waals surface area contributed by atoms with Crippen LogP contribution in [0, 0.1) is 0 Å². The standard InChI is InChI=1S/C17H33N5O4S/c1-3-18-17(21-14-7-8-16(23)22(2)13-14)19-9-11-27(24,25)20-12-15-6-4-5-10-26-15/h14-15,20H,3-13H2,1-2H3,(H2,18,19,21). The number of rotatable bonds is 8. The van der Waals surface area contributed by atoms with Crippen molar-refractivity contribution in [2.45, 2.75) is 51.2 Å². The second-order valence-corrected chi connectivity index (χ2v) is 9.00. The number of nitrogens with one attached hydrogen (secondary N) is 3. The predicted octanol–water partition coefficient (Wildman–Crippen LogP) is -0.349. The molecule has 2 fully saturated rings. The molecule has 2 aliphatic rings. The van der Waals surface area contributed by atoms with E-state index >= 15 is 0 Å². The molecular formula is C17H33N5O4S. The number of sulfonamides is 1. The van der Waals surface area contributed by atoms with E-state index in [0.29, 0.717) is 38.6 Å². The number of hydrogen-bond acceptors (Lipinski definition) is 5. The highest BCUT2D eigenvalue weighted by Gasteiger charge is 2.23. The quantitative estimate of drug-likeness (QED) is 0.377. The van der Waals surface area contributed by atoms with Gasteiger partial charge in [-0.15, -0.1) is 0 Å². The second kappa shape index (κ2) is 10.8. The summed E-state index contributed by atoms with van der Waals surface area (Å²) < 4.78 is 32.5. The summed E-state index contributed by atoms with van der Waals surface area (Å²) in [7, 11) is -1.60. The molecule has 0 aromatic rings. The van der Waals surface area contributed by atoms with Crippen LogP contribution in [0.1, 0.15) is 39.0 Å². The number of guanidine groups is 1. The van der Waals surface area contributed by atoms with Crippen molar-refractivity contribution in [3.63, 3.8) is 0 Å². The van der Waals surface area contributed by atoms with Crippen LogP contribution >= 0.6 is 0 Å². The molecule has 2 rings (SSSR count). The minimum atomic E-state index is -3.39. The fraction of sp³-hybridized carbons (Fsp3) is 0.882. The molecule has 3 N–H and O–H groups in total. The molecule has 2 aliphatic heterocycles. The van der Waals surface area contributed by atoms with Crippen molar-refractivity contribution in [1.29, 1.82) is 0 Å². The van der Waals surface area contributed by atoms with Crippen LogP contribution in [0.25, 0.3) is 0 Å². The lowest BCUT2D eigenvalue weighted by Crippen LogP contribution is -2.51. The van der Waals surface area contributed by atoms with E-state index in [-0.39, 0.29) is 30.4 Å². The molecule has 27 heavy (non-hydrogen) atoms. The number of likely N-dealkylation sites (N-methyl/N-ethyl adjacent to an activating group) is 1. The van der Waals surface area contributed by atoms with Gasteiger partial charge in [-0.1, -0.05) is 0 Å². The fourth-order valence-corrected chi connectivity index (χ4v) is 4.10. The van der Waals surface area contributed by atoms with Gasteiger partial charge < -0.3 is 20.3 Å². The van der Waals surface area contributed by atoms with E-state index in [1.807, 2.05) is 6.92 Å². The van der Waals surface area contributed by atoms with Gasteiger partial charge in [-0.05, 0) is 32.6 Å². The normalized spacial score (nSPS) is 24.7. The van der Waals surface area contributed by atoms with Crippen molar-refractivity contribution in [2.75, 3.05) is 45.6 Å². The molecule has 2 saturated heterocycles. The van der Waals surface area contributed by atoms with Crippen molar-refractivity contribution < 1.29 is 17.9 Å². The third kappa shape index (κ3) is 8.02. The molecule has 0 saturated carbocycles. The van der Waals surface area contributed by atoms with E-state index in [1.54, 1.807) is 11.9 Å². The van der Waals surface area contributed by atoms with E-state index < -0.39 is 10.0 Å². The molecule has 0 bridgehead atoms. The van der Waals surface area contributed by atoms with Crippen molar-refractivity contribution in [3.05, 3.63) is 0 Å². The Morgan fingerprint density at radius 3 is 2.81 bits per heavy atom. The van der Waals surface area contributed by atoms with E-state index in [0.717, 1.165) is 25.7 Å². The van der Waals surface area contributed by atoms with E-state index in [9.17, 15) is 13.2 Å². The zero-order valence-electron chi connectivity index (χ0n) is 16.4. The third-order valence-electron chi connectivity index (χ3n) is 4.75. The van der Waals surface area contributed by atoms with Crippen molar-refractivity contribution in [1.82, 2.24) is 20.3 Å². The summed E-state index contributed by atoms with van der Waals surface area (Å²) in [6.07, 6.45) is 4.25. The molecule has 2 unspecified atom stereocenters. The van der Waals surface area contributed by atoms with Crippen molar-refractivity contribution in [3.8, 4) is 0 Å². The van der Waals surface area contributed by atoms with Crippen molar-refractivity contribution >= 4 is 21.9 Å². The number of nitrogens with zero attached hydrogens (tertiary/aromatic N) is 2. The van der Waals surface area contributed by atoms with Crippen molar-refractivity contribution in [2.24, 2.45) is 4.99 Å². The fourth-order valence-electron chi connectivity index (χ4n) is 3.18. The first-order chi connectivity index (χ1) is 12.9. The average Bonchev–Trinajstić information content (AvgIpc) is 2.64. The van der Waals surface area contributed by atoms with Gasteiger partial charge in [0, 0.05) is 45.8 Å². The van der Waals surface area contributed by atoms with Gasteiger partial charge in [-0.2, -0.15) is 0 Å². The lowest BCUT2D eigenvalue weighted by atomic mass is 10.1. The van der Waals surface area contributed by atoms with Gasteiger partial charge in [-0.3, -0.25) is 9.79 Å². The van der Waals surface area contributed by atoms with E-state index in [1.165, 1.54) is 0 Å². The van der Waals surface area contributed by atoms with E-state index in [4.69, 9.17) is 4.74 Å². The number of hydrogen-bond donors (Lipinski definition) is 3. The lowest BCUT2D eigenvalue weighted by Gasteiger charge is -2.31. The summed E-state index contributed by atoms with van der Waals surface area (Å²) in [5.41, 5.74) is 0. The molecule has 2 heterocycles. The zero-order valence-corrected chi connectivity index (χ0v) is 17.2. The molecule has 2 atom stereocenters. The Hall–Kier alpha value is -1.39. The number of carbonyl (C=O) groups is 1. The first kappa shape index (κ1) is 21.9. The zero-order chi connectivity index (χ0) is 19.7. The Kier molecular flexibility index (Phi) is 8.78. The van der Waals surface area contributed by atoms with Crippen LogP contribution < -0.4 is 15.4 Å². The summed E-state index contributed by atoms with van der Waals surface area (Å²) in [6.45, 7) is 4.44. The molecular weight excluding hydrogens is 370 g/mol. The Balaban J connectivity index is 1.78. The summed E-state index contributed by atoms with van der Waals surface area (Å²) >= 11 is 0. The van der Waals surface area contributed by atoms with Gasteiger partial charge in [0.15, 0.2) is 5.96 Å². The summed E-state index contributed by atoms with van der Waals surface area (Å²) in [6, 6.07) is 0.115. The largest absolute Gasteiger partial charge is 0.377 e. The molecule has 0 aromatic carbocycles. The maximum atomic E-state index is 12.2. The number of amides is 1. The lowest BCUT2D eigenvalue weighted by molar-refractivity contribution is -0.132. The van der Waals surface area contributed by atoms with Gasteiger partial charge in [-0.25, -0.2) is 13.1 Å². The van der Waals surface area contributed by atoms with Gasteiger partial charge in [0.1, 0.15) is 0 Å². The summed E-state index contributed by atoms with van der Waals surface area (Å²) in [5, 5.41) is 6.41. The highest BCUT2D eigenvalue weighted by atomic mass is 32.2. The van der Waals surface area contributed by atoms with Gasteiger partial charge in [0.2, 0.25) is 15.9 Å². The number of ether oxygens (including phenoxy) is 1. The Morgan fingerprint density at radius 1 is 1.33 bits per heavy atom. The van der Waals surface area contributed by atoms with Crippen LogP contribution in [-0.4, -0.2) is 82.9 Å². The van der Waals surface area contributed by atoms with E-state index in [2.05, 4.69) is 20.3 Å². The van der Waals surface area contributed by atoms with Gasteiger partial charge >= 0.3 is 0 Å². The number of aliphatic imine (C=N–C) groups is 1.